The summed E-state index contributed by atoms with van der Waals surface area (Å²) in [5.41, 5.74) is 3.66. The molecule has 0 radical (unpaired) electrons. The Bertz CT molecular complexity index is 771. The molecule has 0 atom stereocenters. The van der Waals surface area contributed by atoms with Crippen molar-refractivity contribution in [2.24, 2.45) is 0 Å². The molecular weight excluding hydrogens is 336 g/mol. The van der Waals surface area contributed by atoms with E-state index in [4.69, 9.17) is 9.72 Å². The lowest BCUT2D eigenvalue weighted by Gasteiger charge is -2.29. The van der Waals surface area contributed by atoms with Crippen LogP contribution >= 0.6 is 0 Å². The first kappa shape index (κ1) is 18.4. The van der Waals surface area contributed by atoms with Gasteiger partial charge in [-0.05, 0) is 31.7 Å². The van der Waals surface area contributed by atoms with Gasteiger partial charge in [0.1, 0.15) is 11.9 Å². The van der Waals surface area contributed by atoms with E-state index in [1.807, 2.05) is 18.5 Å². The fraction of sp³-hybridized carbons (Fsp3) is 0.591. The van der Waals surface area contributed by atoms with E-state index in [2.05, 4.69) is 34.8 Å². The number of hydrogen-bond donors (Lipinski definition) is 0. The Labute approximate surface area is 162 Å². The molecule has 0 N–H and O–H groups in total. The van der Waals surface area contributed by atoms with Crippen molar-refractivity contribution in [1.29, 1.82) is 0 Å². The SMILES string of the molecule is CC(C)c1ncc2c(n1)CCN(Cc1cccnc1OC1CCCCC1)C2. The highest BCUT2D eigenvalue weighted by atomic mass is 16.5. The molecule has 0 bridgehead atoms. The number of hydrogen-bond acceptors (Lipinski definition) is 5. The van der Waals surface area contributed by atoms with Crippen molar-refractivity contribution in [3.63, 3.8) is 0 Å². The number of pyridine rings is 1. The summed E-state index contributed by atoms with van der Waals surface area (Å²) in [4.78, 5) is 16.3. The van der Waals surface area contributed by atoms with E-state index in [9.17, 15) is 0 Å². The van der Waals surface area contributed by atoms with Gasteiger partial charge in [0.2, 0.25) is 5.88 Å². The van der Waals surface area contributed by atoms with Crippen molar-refractivity contribution in [1.82, 2.24) is 19.9 Å². The molecule has 1 aliphatic carbocycles. The number of aromatic nitrogens is 3. The average Bonchev–Trinajstić information content (AvgIpc) is 2.70. The molecular formula is C22H30N4O. The van der Waals surface area contributed by atoms with Gasteiger partial charge < -0.3 is 4.74 Å². The van der Waals surface area contributed by atoms with Gasteiger partial charge in [-0.3, -0.25) is 4.90 Å². The third-order valence-corrected chi connectivity index (χ3v) is 5.62. The minimum Gasteiger partial charge on any atom is -0.474 e. The minimum absolute atomic E-state index is 0.331. The minimum atomic E-state index is 0.331. The van der Waals surface area contributed by atoms with Gasteiger partial charge in [0.25, 0.3) is 0 Å². The lowest BCUT2D eigenvalue weighted by molar-refractivity contribution is 0.143. The summed E-state index contributed by atoms with van der Waals surface area (Å²) in [6.45, 7) is 7.06. The molecule has 0 amide bonds. The van der Waals surface area contributed by atoms with Crippen molar-refractivity contribution in [2.75, 3.05) is 6.54 Å². The van der Waals surface area contributed by atoms with Crippen LogP contribution in [0.15, 0.2) is 24.5 Å². The molecule has 5 nitrogen and oxygen atoms in total. The Morgan fingerprint density at radius 2 is 2.04 bits per heavy atom. The molecule has 5 heteroatoms. The van der Waals surface area contributed by atoms with Crippen molar-refractivity contribution in [3.05, 3.63) is 47.2 Å². The summed E-state index contributed by atoms with van der Waals surface area (Å²) in [7, 11) is 0. The van der Waals surface area contributed by atoms with E-state index in [1.165, 1.54) is 36.1 Å². The molecule has 0 unspecified atom stereocenters. The van der Waals surface area contributed by atoms with E-state index in [0.717, 1.165) is 50.6 Å². The van der Waals surface area contributed by atoms with E-state index < -0.39 is 0 Å². The van der Waals surface area contributed by atoms with Crippen LogP contribution in [0.1, 0.15) is 74.5 Å². The summed E-state index contributed by atoms with van der Waals surface area (Å²) < 4.78 is 6.28. The average molecular weight is 367 g/mol. The standard InChI is InChI=1S/C22H30N4O/c1-16(2)21-24-13-18-15-26(12-10-20(18)25-21)14-17-7-6-11-23-22(17)27-19-8-4-3-5-9-19/h6-7,11,13,16,19H,3-5,8-10,12,14-15H2,1-2H3. The van der Waals surface area contributed by atoms with Gasteiger partial charge in [-0.2, -0.15) is 0 Å². The highest BCUT2D eigenvalue weighted by Gasteiger charge is 2.22. The Morgan fingerprint density at radius 1 is 1.19 bits per heavy atom. The van der Waals surface area contributed by atoms with Gasteiger partial charge in [-0.15, -0.1) is 0 Å². The fourth-order valence-corrected chi connectivity index (χ4v) is 4.04. The topological polar surface area (TPSA) is 51.1 Å². The first-order chi connectivity index (χ1) is 13.2. The monoisotopic (exact) mass is 366 g/mol. The van der Waals surface area contributed by atoms with Crippen molar-refractivity contribution >= 4 is 0 Å². The van der Waals surface area contributed by atoms with Crippen LogP contribution < -0.4 is 4.74 Å². The quantitative estimate of drug-likeness (QED) is 0.791. The molecule has 4 rings (SSSR count). The maximum Gasteiger partial charge on any atom is 0.218 e. The predicted octanol–water partition coefficient (Wildman–Crippen LogP) is 4.26. The normalized spacial score (nSPS) is 18.5. The molecule has 2 aromatic heterocycles. The van der Waals surface area contributed by atoms with Crippen molar-refractivity contribution in [2.45, 2.75) is 77.5 Å². The summed E-state index contributed by atoms with van der Waals surface area (Å²) in [6.07, 6.45) is 11.4. The van der Waals surface area contributed by atoms with Gasteiger partial charge in [0, 0.05) is 61.2 Å². The number of nitrogens with zero attached hydrogens (tertiary/aromatic N) is 4. The third-order valence-electron chi connectivity index (χ3n) is 5.62. The molecule has 1 fully saturated rings. The second kappa shape index (κ2) is 8.34. The molecule has 0 aromatic carbocycles. The van der Waals surface area contributed by atoms with Crippen LogP contribution in [-0.2, 0) is 19.5 Å². The molecule has 2 aromatic rings. The summed E-state index contributed by atoms with van der Waals surface area (Å²) in [5.74, 6) is 2.16. The summed E-state index contributed by atoms with van der Waals surface area (Å²) >= 11 is 0. The zero-order valence-corrected chi connectivity index (χ0v) is 16.5. The van der Waals surface area contributed by atoms with Crippen LogP contribution in [0.4, 0.5) is 0 Å². The molecule has 2 aliphatic rings. The lowest BCUT2D eigenvalue weighted by Crippen LogP contribution is -2.31. The van der Waals surface area contributed by atoms with Gasteiger partial charge in [-0.1, -0.05) is 26.3 Å². The van der Waals surface area contributed by atoms with Crippen molar-refractivity contribution in [3.8, 4) is 5.88 Å². The third kappa shape index (κ3) is 4.46. The van der Waals surface area contributed by atoms with Gasteiger partial charge in [0.15, 0.2) is 0 Å². The largest absolute Gasteiger partial charge is 0.474 e. The Hall–Kier alpha value is -2.01. The maximum absolute atomic E-state index is 6.28. The van der Waals surface area contributed by atoms with Crippen LogP contribution in [0.3, 0.4) is 0 Å². The molecule has 27 heavy (non-hydrogen) atoms. The van der Waals surface area contributed by atoms with Crippen LogP contribution in [0.5, 0.6) is 5.88 Å². The van der Waals surface area contributed by atoms with Crippen molar-refractivity contribution < 1.29 is 4.74 Å². The number of rotatable bonds is 5. The van der Waals surface area contributed by atoms with Crippen LogP contribution in [0.2, 0.25) is 0 Å². The first-order valence-electron chi connectivity index (χ1n) is 10.4. The summed E-state index contributed by atoms with van der Waals surface area (Å²) in [5, 5.41) is 0. The second-order valence-electron chi connectivity index (χ2n) is 8.16. The highest BCUT2D eigenvalue weighted by Crippen LogP contribution is 2.27. The van der Waals surface area contributed by atoms with Gasteiger partial charge in [-0.25, -0.2) is 15.0 Å². The van der Waals surface area contributed by atoms with E-state index >= 15 is 0 Å². The van der Waals surface area contributed by atoms with Crippen LogP contribution in [0.25, 0.3) is 0 Å². The number of ether oxygens (including phenoxy) is 1. The molecule has 1 saturated carbocycles. The van der Waals surface area contributed by atoms with Gasteiger partial charge >= 0.3 is 0 Å². The molecule has 144 valence electrons. The van der Waals surface area contributed by atoms with E-state index in [-0.39, 0.29) is 0 Å². The zero-order chi connectivity index (χ0) is 18.6. The first-order valence-corrected chi connectivity index (χ1v) is 10.4. The Kier molecular flexibility index (Phi) is 5.67. The predicted molar refractivity (Wildman–Crippen MR) is 106 cm³/mol. The molecule has 1 aliphatic heterocycles. The molecule has 0 spiro atoms. The van der Waals surface area contributed by atoms with Crippen LogP contribution in [-0.4, -0.2) is 32.5 Å². The fourth-order valence-electron chi connectivity index (χ4n) is 4.04. The smallest absolute Gasteiger partial charge is 0.218 e. The molecule has 0 saturated heterocycles. The Morgan fingerprint density at radius 3 is 2.85 bits per heavy atom. The zero-order valence-electron chi connectivity index (χ0n) is 16.5. The van der Waals surface area contributed by atoms with Crippen LogP contribution in [0, 0.1) is 0 Å². The van der Waals surface area contributed by atoms with E-state index in [0.29, 0.717) is 12.0 Å². The maximum atomic E-state index is 6.28. The molecule has 3 heterocycles. The summed E-state index contributed by atoms with van der Waals surface area (Å²) in [6, 6.07) is 4.16. The Balaban J connectivity index is 1.44. The lowest BCUT2D eigenvalue weighted by atomic mass is 9.98. The van der Waals surface area contributed by atoms with Gasteiger partial charge in [0.05, 0.1) is 0 Å². The number of fused-ring (bicyclic) bond motifs is 1. The highest BCUT2D eigenvalue weighted by molar-refractivity contribution is 5.27. The second-order valence-corrected chi connectivity index (χ2v) is 8.16. The van der Waals surface area contributed by atoms with E-state index in [1.54, 1.807) is 0 Å².